The largest absolute Gasteiger partial charge is 0.466 e. The summed E-state index contributed by atoms with van der Waals surface area (Å²) in [5.41, 5.74) is 1.41. The number of aromatic nitrogens is 1. The van der Waals surface area contributed by atoms with Crippen LogP contribution in [0.4, 0.5) is 4.39 Å². The van der Waals surface area contributed by atoms with Crippen molar-refractivity contribution in [2.75, 3.05) is 26.9 Å². The number of hydrogen-bond donors (Lipinski definition) is 2. The minimum atomic E-state index is -0.800. The molecule has 4 heterocycles. The number of rotatable bonds is 5. The smallest absolute Gasteiger partial charge is 0.338 e. The van der Waals surface area contributed by atoms with Gasteiger partial charge in [0, 0.05) is 51.9 Å². The summed E-state index contributed by atoms with van der Waals surface area (Å²) >= 11 is 7.85. The Balaban J connectivity index is 1.43. The second-order valence-corrected chi connectivity index (χ2v) is 10.7. The highest BCUT2D eigenvalue weighted by Crippen LogP contribution is 2.57. The summed E-state index contributed by atoms with van der Waals surface area (Å²) in [6.45, 7) is 1.65. The normalized spacial score (nSPS) is 31.9. The Hall–Kier alpha value is -2.37. The Morgan fingerprint density at radius 3 is 3.06 bits per heavy atom. The Bertz CT molecular complexity index is 1240. The van der Waals surface area contributed by atoms with Gasteiger partial charge in [-0.05, 0) is 25.0 Å². The molecule has 1 spiro atoms. The van der Waals surface area contributed by atoms with Crippen LogP contribution in [0.25, 0.3) is 0 Å². The number of halogens is 2. The molecule has 2 aromatic rings. The van der Waals surface area contributed by atoms with Gasteiger partial charge in [-0.3, -0.25) is 9.89 Å². The maximum absolute atomic E-state index is 13.8. The maximum Gasteiger partial charge on any atom is 0.338 e. The molecule has 1 saturated carbocycles. The standard InChI is InChI=1S/C24H24ClFN4O4S/c1-33-23(32)19-16(9-30-17-7-13(31)8-24(17)11-34-10-18(24)30)28-21(22-27-4-5-35-22)29-20(19)14-3-2-12(26)6-15(14)25/h2-6,13,17-18,20,31H,7-11H2,1H3,(H,28,29)/t13?,17?,18?,20-,24?/m0/s1. The number of carbonyl (C=O) groups is 1. The SMILES string of the molecule is COC(=O)C1=C(CN2C3COCC34CC(O)CC24)NC(c2nccs2)=N[C@H]1c1ccc(F)cc1Cl. The van der Waals surface area contributed by atoms with Crippen molar-refractivity contribution < 1.29 is 23.8 Å². The lowest BCUT2D eigenvalue weighted by atomic mass is 9.68. The van der Waals surface area contributed by atoms with Crippen molar-refractivity contribution in [3.8, 4) is 0 Å². The number of nitrogens with one attached hydrogen (secondary N) is 1. The average Bonchev–Trinajstić information content (AvgIpc) is 3.56. The molecule has 0 bridgehead atoms. The number of carbonyl (C=O) groups excluding carboxylic acids is 1. The van der Waals surface area contributed by atoms with Gasteiger partial charge in [-0.2, -0.15) is 0 Å². The Labute approximate surface area is 210 Å². The highest BCUT2D eigenvalue weighted by molar-refractivity contribution is 7.11. The van der Waals surface area contributed by atoms with E-state index in [0.29, 0.717) is 53.9 Å². The molecule has 0 amide bonds. The number of esters is 1. The fourth-order valence-electron chi connectivity index (χ4n) is 6.18. The lowest BCUT2D eigenvalue weighted by molar-refractivity contribution is -0.136. The van der Waals surface area contributed by atoms with E-state index in [4.69, 9.17) is 26.1 Å². The van der Waals surface area contributed by atoms with Crippen LogP contribution in [-0.4, -0.2) is 71.9 Å². The van der Waals surface area contributed by atoms with E-state index in [1.54, 1.807) is 12.3 Å². The number of nitrogens with zero attached hydrogens (tertiary/aromatic N) is 3. The van der Waals surface area contributed by atoms with Crippen molar-refractivity contribution in [2.24, 2.45) is 10.4 Å². The highest BCUT2D eigenvalue weighted by Gasteiger charge is 2.67. The van der Waals surface area contributed by atoms with Crippen molar-refractivity contribution in [3.05, 3.63) is 62.5 Å². The number of ether oxygens (including phenoxy) is 2. The minimum absolute atomic E-state index is 0.0357. The summed E-state index contributed by atoms with van der Waals surface area (Å²) in [5.74, 6) is -0.506. The third-order valence-electron chi connectivity index (χ3n) is 7.65. The molecule has 5 atom stereocenters. The van der Waals surface area contributed by atoms with Gasteiger partial charge in [-0.15, -0.1) is 11.3 Å². The van der Waals surface area contributed by atoms with Gasteiger partial charge in [-0.25, -0.2) is 14.2 Å². The zero-order valence-electron chi connectivity index (χ0n) is 18.9. The van der Waals surface area contributed by atoms with Crippen LogP contribution in [0.15, 0.2) is 46.0 Å². The number of benzene rings is 1. The maximum atomic E-state index is 13.8. The molecule has 11 heteroatoms. The van der Waals surface area contributed by atoms with Crippen LogP contribution >= 0.6 is 22.9 Å². The first kappa shape index (κ1) is 23.1. The third-order valence-corrected chi connectivity index (χ3v) is 8.76. The molecule has 35 heavy (non-hydrogen) atoms. The second-order valence-electron chi connectivity index (χ2n) is 9.44. The van der Waals surface area contributed by atoms with E-state index in [-0.39, 0.29) is 28.6 Å². The van der Waals surface area contributed by atoms with Gasteiger partial charge in [-0.1, -0.05) is 17.7 Å². The fourth-order valence-corrected chi connectivity index (χ4v) is 7.04. The lowest BCUT2D eigenvalue weighted by Crippen LogP contribution is -2.69. The van der Waals surface area contributed by atoms with Crippen LogP contribution in [0.1, 0.15) is 29.5 Å². The lowest BCUT2D eigenvalue weighted by Gasteiger charge is -2.57. The Kier molecular flexibility index (Phi) is 5.69. The summed E-state index contributed by atoms with van der Waals surface area (Å²) in [7, 11) is 1.32. The molecule has 2 saturated heterocycles. The number of thiazole rings is 1. The quantitative estimate of drug-likeness (QED) is 0.587. The van der Waals surface area contributed by atoms with E-state index in [1.807, 2.05) is 5.38 Å². The van der Waals surface area contributed by atoms with Gasteiger partial charge >= 0.3 is 5.97 Å². The summed E-state index contributed by atoms with van der Waals surface area (Å²) in [6, 6.07) is 3.58. The van der Waals surface area contributed by atoms with Gasteiger partial charge in [0.15, 0.2) is 10.8 Å². The number of likely N-dealkylation sites (tertiary alicyclic amines) is 1. The molecular formula is C24H24ClFN4O4S. The Morgan fingerprint density at radius 1 is 1.46 bits per heavy atom. The van der Waals surface area contributed by atoms with Crippen molar-refractivity contribution >= 4 is 34.7 Å². The number of methoxy groups -OCH3 is 1. The van der Waals surface area contributed by atoms with E-state index in [1.165, 1.54) is 30.6 Å². The zero-order chi connectivity index (χ0) is 24.3. The number of amidine groups is 1. The van der Waals surface area contributed by atoms with E-state index < -0.39 is 17.8 Å². The Morgan fingerprint density at radius 2 is 2.31 bits per heavy atom. The number of hydrogen-bond acceptors (Lipinski definition) is 9. The van der Waals surface area contributed by atoms with Crippen LogP contribution in [-0.2, 0) is 14.3 Å². The van der Waals surface area contributed by atoms with Gasteiger partial charge in [0.25, 0.3) is 0 Å². The zero-order valence-corrected chi connectivity index (χ0v) is 20.5. The molecule has 1 aliphatic carbocycles. The third kappa shape index (κ3) is 3.62. The number of aliphatic hydroxyl groups excluding tert-OH is 1. The van der Waals surface area contributed by atoms with E-state index in [9.17, 15) is 14.3 Å². The van der Waals surface area contributed by atoms with E-state index in [0.717, 1.165) is 6.42 Å². The minimum Gasteiger partial charge on any atom is -0.466 e. The summed E-state index contributed by atoms with van der Waals surface area (Å²) < 4.78 is 24.8. The van der Waals surface area contributed by atoms with Gasteiger partial charge in [0.2, 0.25) is 0 Å². The fraction of sp³-hybridized carbons (Fsp3) is 0.458. The van der Waals surface area contributed by atoms with Crippen LogP contribution in [0.5, 0.6) is 0 Å². The summed E-state index contributed by atoms with van der Waals surface area (Å²) in [6.07, 6.45) is 2.72. The molecular weight excluding hydrogens is 495 g/mol. The predicted molar refractivity (Wildman–Crippen MR) is 128 cm³/mol. The molecule has 184 valence electrons. The molecule has 2 N–H and O–H groups in total. The molecule has 4 aliphatic rings. The number of aliphatic hydroxyl groups is 1. The first-order valence-corrected chi connectivity index (χ1v) is 12.7. The molecule has 1 aromatic carbocycles. The molecule has 3 aliphatic heterocycles. The summed E-state index contributed by atoms with van der Waals surface area (Å²) in [5, 5.41) is 16.4. The van der Waals surface area contributed by atoms with Crippen LogP contribution in [0, 0.1) is 11.2 Å². The van der Waals surface area contributed by atoms with Crippen LogP contribution < -0.4 is 5.32 Å². The highest BCUT2D eigenvalue weighted by atomic mass is 35.5. The molecule has 1 aromatic heterocycles. The first-order valence-electron chi connectivity index (χ1n) is 11.4. The van der Waals surface area contributed by atoms with E-state index in [2.05, 4.69) is 15.2 Å². The summed E-state index contributed by atoms with van der Waals surface area (Å²) in [4.78, 5) is 24.6. The van der Waals surface area contributed by atoms with Crippen molar-refractivity contribution in [3.63, 3.8) is 0 Å². The van der Waals surface area contributed by atoms with Crippen molar-refractivity contribution in [2.45, 2.75) is 37.1 Å². The molecule has 4 unspecified atom stereocenters. The molecule has 8 nitrogen and oxygen atoms in total. The van der Waals surface area contributed by atoms with Crippen molar-refractivity contribution in [1.82, 2.24) is 15.2 Å². The van der Waals surface area contributed by atoms with E-state index >= 15 is 0 Å². The number of aliphatic imine (C=N–C) groups is 1. The molecule has 0 radical (unpaired) electrons. The first-order chi connectivity index (χ1) is 16.9. The van der Waals surface area contributed by atoms with Gasteiger partial charge in [0.1, 0.15) is 11.9 Å². The molecule has 3 fully saturated rings. The molecule has 6 rings (SSSR count). The topological polar surface area (TPSA) is 96.3 Å². The average molecular weight is 519 g/mol. The van der Waals surface area contributed by atoms with Gasteiger partial charge in [0.05, 0.1) is 32.0 Å². The van der Waals surface area contributed by atoms with Crippen LogP contribution in [0.3, 0.4) is 0 Å². The van der Waals surface area contributed by atoms with Crippen molar-refractivity contribution in [1.29, 1.82) is 0 Å². The second kappa shape index (κ2) is 8.63. The predicted octanol–water partition coefficient (Wildman–Crippen LogP) is 2.68. The van der Waals surface area contributed by atoms with Crippen LogP contribution in [0.2, 0.25) is 5.02 Å². The van der Waals surface area contributed by atoms with Gasteiger partial charge < -0.3 is 19.9 Å². The monoisotopic (exact) mass is 518 g/mol.